The van der Waals surface area contributed by atoms with Crippen LogP contribution in [0.25, 0.3) is 0 Å². The maximum Gasteiger partial charge on any atom is 0.389 e. The molecule has 0 amide bonds. The van der Waals surface area contributed by atoms with E-state index in [1.807, 2.05) is 6.92 Å². The molecule has 0 radical (unpaired) electrons. The second-order valence-electron chi connectivity index (χ2n) is 4.74. The highest BCUT2D eigenvalue weighted by molar-refractivity contribution is 5.19. The number of benzene rings is 1. The van der Waals surface area contributed by atoms with Crippen LogP contribution in [-0.2, 0) is 6.42 Å². The summed E-state index contributed by atoms with van der Waals surface area (Å²) in [6, 6.07) is 2.66. The predicted octanol–water partition coefficient (Wildman–Crippen LogP) is 4.22. The molecule has 0 heterocycles. The van der Waals surface area contributed by atoms with Crippen molar-refractivity contribution in [1.29, 1.82) is 0 Å². The van der Waals surface area contributed by atoms with Crippen LogP contribution < -0.4 is 5.32 Å². The van der Waals surface area contributed by atoms with E-state index < -0.39 is 30.3 Å². The molecular formula is C14H18F5N. The Balaban J connectivity index is 2.67. The molecule has 20 heavy (non-hydrogen) atoms. The Hall–Kier alpha value is -1.17. The Morgan fingerprint density at radius 2 is 1.90 bits per heavy atom. The number of hydrogen-bond acceptors (Lipinski definition) is 1. The van der Waals surface area contributed by atoms with Gasteiger partial charge in [-0.1, -0.05) is 13.0 Å². The van der Waals surface area contributed by atoms with E-state index in [0.29, 0.717) is 6.54 Å². The van der Waals surface area contributed by atoms with Crippen LogP contribution in [0.3, 0.4) is 0 Å². The quantitative estimate of drug-likeness (QED) is 0.743. The van der Waals surface area contributed by atoms with Crippen molar-refractivity contribution in [3.8, 4) is 0 Å². The average Bonchev–Trinajstić information content (AvgIpc) is 2.34. The standard InChI is InChI=1S/C14H18F5N/c1-2-7-20-12(5-6-14(17,18)19)8-10-3-4-11(15)9-13(10)16/h3-4,9,12,20H,2,5-8H2,1H3. The molecule has 0 spiro atoms. The first-order valence-corrected chi connectivity index (χ1v) is 6.56. The van der Waals surface area contributed by atoms with E-state index in [-0.39, 0.29) is 18.4 Å². The summed E-state index contributed by atoms with van der Waals surface area (Å²) in [6.45, 7) is 2.46. The molecule has 1 N–H and O–H groups in total. The smallest absolute Gasteiger partial charge is 0.314 e. The highest BCUT2D eigenvalue weighted by Gasteiger charge is 2.28. The fraction of sp³-hybridized carbons (Fsp3) is 0.571. The SMILES string of the molecule is CCCNC(CCC(F)(F)F)Cc1ccc(F)cc1F. The molecular weight excluding hydrogens is 277 g/mol. The van der Waals surface area contributed by atoms with E-state index in [1.54, 1.807) is 0 Å². The van der Waals surface area contributed by atoms with E-state index in [1.165, 1.54) is 6.07 Å². The minimum Gasteiger partial charge on any atom is -0.314 e. The second kappa shape index (κ2) is 7.57. The summed E-state index contributed by atoms with van der Waals surface area (Å²) in [5.41, 5.74) is 0.224. The van der Waals surface area contributed by atoms with Crippen LogP contribution in [0.15, 0.2) is 18.2 Å². The molecule has 1 atom stereocenters. The molecule has 0 fully saturated rings. The Morgan fingerprint density at radius 3 is 2.45 bits per heavy atom. The Kier molecular flexibility index (Phi) is 6.39. The average molecular weight is 295 g/mol. The van der Waals surface area contributed by atoms with Crippen LogP contribution in [-0.4, -0.2) is 18.8 Å². The van der Waals surface area contributed by atoms with Gasteiger partial charge >= 0.3 is 6.18 Å². The zero-order valence-corrected chi connectivity index (χ0v) is 11.2. The Morgan fingerprint density at radius 1 is 1.20 bits per heavy atom. The van der Waals surface area contributed by atoms with Crippen LogP contribution in [0.1, 0.15) is 31.7 Å². The van der Waals surface area contributed by atoms with Gasteiger partial charge in [-0.3, -0.25) is 0 Å². The second-order valence-corrected chi connectivity index (χ2v) is 4.74. The summed E-state index contributed by atoms with van der Waals surface area (Å²) in [5.74, 6) is -1.42. The van der Waals surface area contributed by atoms with Crippen molar-refractivity contribution in [3.63, 3.8) is 0 Å². The summed E-state index contributed by atoms with van der Waals surface area (Å²) in [4.78, 5) is 0. The molecule has 1 aromatic rings. The third-order valence-electron chi connectivity index (χ3n) is 2.94. The summed E-state index contributed by atoms with van der Waals surface area (Å²) in [6.07, 6.45) is -4.39. The van der Waals surface area contributed by atoms with Crippen LogP contribution in [0.2, 0.25) is 0 Å². The number of nitrogens with one attached hydrogen (secondary N) is 1. The summed E-state index contributed by atoms with van der Waals surface area (Å²) >= 11 is 0. The zero-order valence-electron chi connectivity index (χ0n) is 11.2. The first kappa shape index (κ1) is 16.9. The molecule has 114 valence electrons. The van der Waals surface area contributed by atoms with E-state index in [0.717, 1.165) is 18.6 Å². The molecule has 0 aliphatic rings. The first-order chi connectivity index (χ1) is 9.31. The lowest BCUT2D eigenvalue weighted by Gasteiger charge is -2.19. The van der Waals surface area contributed by atoms with Gasteiger partial charge in [0.1, 0.15) is 11.6 Å². The van der Waals surface area contributed by atoms with Crippen LogP contribution in [0, 0.1) is 11.6 Å². The molecule has 1 nitrogen and oxygen atoms in total. The zero-order chi connectivity index (χ0) is 15.2. The van der Waals surface area contributed by atoms with E-state index in [4.69, 9.17) is 0 Å². The molecule has 0 aliphatic carbocycles. The highest BCUT2D eigenvalue weighted by Crippen LogP contribution is 2.23. The third kappa shape index (κ3) is 6.32. The van der Waals surface area contributed by atoms with Gasteiger partial charge in [0, 0.05) is 18.5 Å². The molecule has 6 heteroatoms. The van der Waals surface area contributed by atoms with Gasteiger partial charge in [0.15, 0.2) is 0 Å². The molecule has 1 rings (SSSR count). The molecule has 0 bridgehead atoms. The predicted molar refractivity (Wildman–Crippen MR) is 67.4 cm³/mol. The van der Waals surface area contributed by atoms with Crippen LogP contribution in [0.4, 0.5) is 22.0 Å². The van der Waals surface area contributed by atoms with Gasteiger partial charge in [-0.2, -0.15) is 13.2 Å². The van der Waals surface area contributed by atoms with Crippen molar-refractivity contribution in [1.82, 2.24) is 5.32 Å². The minimum absolute atomic E-state index is 0.113. The van der Waals surface area contributed by atoms with Gasteiger partial charge in [-0.05, 0) is 37.4 Å². The van der Waals surface area contributed by atoms with Gasteiger partial charge in [0.2, 0.25) is 0 Å². The van der Waals surface area contributed by atoms with Crippen molar-refractivity contribution in [3.05, 3.63) is 35.4 Å². The Bertz CT molecular complexity index is 417. The maximum atomic E-state index is 13.5. The number of alkyl halides is 3. The van der Waals surface area contributed by atoms with Crippen LogP contribution >= 0.6 is 0 Å². The molecule has 1 unspecified atom stereocenters. The van der Waals surface area contributed by atoms with Gasteiger partial charge in [0.25, 0.3) is 0 Å². The molecule has 0 saturated heterocycles. The molecule has 0 aliphatic heterocycles. The van der Waals surface area contributed by atoms with Gasteiger partial charge in [-0.25, -0.2) is 8.78 Å². The number of rotatable bonds is 7. The van der Waals surface area contributed by atoms with Crippen LogP contribution in [0.5, 0.6) is 0 Å². The lowest BCUT2D eigenvalue weighted by Crippen LogP contribution is -2.33. The van der Waals surface area contributed by atoms with E-state index in [9.17, 15) is 22.0 Å². The summed E-state index contributed by atoms with van der Waals surface area (Å²) in [7, 11) is 0. The summed E-state index contributed by atoms with van der Waals surface area (Å²) < 4.78 is 63.1. The molecule has 1 aromatic carbocycles. The number of halogens is 5. The van der Waals surface area contributed by atoms with Gasteiger partial charge < -0.3 is 5.32 Å². The molecule has 0 aromatic heterocycles. The highest BCUT2D eigenvalue weighted by atomic mass is 19.4. The fourth-order valence-corrected chi connectivity index (χ4v) is 1.92. The first-order valence-electron chi connectivity index (χ1n) is 6.56. The van der Waals surface area contributed by atoms with E-state index >= 15 is 0 Å². The van der Waals surface area contributed by atoms with Crippen molar-refractivity contribution < 1.29 is 22.0 Å². The molecule has 0 saturated carbocycles. The third-order valence-corrected chi connectivity index (χ3v) is 2.94. The van der Waals surface area contributed by atoms with Crippen molar-refractivity contribution in [2.24, 2.45) is 0 Å². The largest absolute Gasteiger partial charge is 0.389 e. The maximum absolute atomic E-state index is 13.5. The van der Waals surface area contributed by atoms with E-state index in [2.05, 4.69) is 5.32 Å². The van der Waals surface area contributed by atoms with Crippen molar-refractivity contribution >= 4 is 0 Å². The van der Waals surface area contributed by atoms with Crippen molar-refractivity contribution in [2.45, 2.75) is 44.8 Å². The summed E-state index contributed by atoms with van der Waals surface area (Å²) in [5, 5.41) is 2.97. The lowest BCUT2D eigenvalue weighted by atomic mass is 10.0. The minimum atomic E-state index is -4.23. The van der Waals surface area contributed by atoms with Crippen molar-refractivity contribution in [2.75, 3.05) is 6.54 Å². The number of hydrogen-bond donors (Lipinski definition) is 1. The monoisotopic (exact) mass is 295 g/mol. The normalized spacial score (nSPS) is 13.5. The topological polar surface area (TPSA) is 12.0 Å². The Labute approximate surface area is 115 Å². The van der Waals surface area contributed by atoms with Gasteiger partial charge in [-0.15, -0.1) is 0 Å². The van der Waals surface area contributed by atoms with Gasteiger partial charge in [0.05, 0.1) is 0 Å². The lowest BCUT2D eigenvalue weighted by molar-refractivity contribution is -0.136. The fourth-order valence-electron chi connectivity index (χ4n) is 1.92.